The van der Waals surface area contributed by atoms with Gasteiger partial charge in [-0.25, -0.2) is 0 Å². The van der Waals surface area contributed by atoms with Gasteiger partial charge in [0.05, 0.1) is 0 Å². The first-order valence-electron chi connectivity index (χ1n) is 3.89. The van der Waals surface area contributed by atoms with Crippen LogP contribution in [0.4, 0.5) is 0 Å². The molecular weight excluding hydrogens is 280 g/mol. The van der Waals surface area contributed by atoms with Crippen molar-refractivity contribution < 1.29 is 18.3 Å². The minimum Gasteiger partial charge on any atom is -0.450 e. The minimum absolute atomic E-state index is 0.125. The van der Waals surface area contributed by atoms with E-state index in [9.17, 15) is 4.57 Å². The number of ether oxygens (including phenoxy) is 1. The average Bonchev–Trinajstić information content (AvgIpc) is 2.25. The monoisotopic (exact) mass is 287 g/mol. The average molecular weight is 288 g/mol. The smallest absolute Gasteiger partial charge is 0.367 e. The molecule has 1 aromatic rings. The van der Waals surface area contributed by atoms with Crippen LogP contribution in [0.1, 0.15) is 0 Å². The summed E-state index contributed by atoms with van der Waals surface area (Å²) in [6, 6.07) is -0.153. The molecule has 16 heavy (non-hydrogen) atoms. The van der Waals surface area contributed by atoms with Gasteiger partial charge in [-0.05, 0) is 23.2 Å². The summed E-state index contributed by atoms with van der Waals surface area (Å²) in [5, 5.41) is -0.251. The van der Waals surface area contributed by atoms with Gasteiger partial charge < -0.3 is 13.8 Å². The fraction of sp³-hybridized carbons (Fsp3) is 0.500. The maximum atomic E-state index is 11.6. The van der Waals surface area contributed by atoms with Crippen molar-refractivity contribution in [2.75, 3.05) is 20.6 Å². The number of hydrogen-bond acceptors (Lipinski definition) is 7. The van der Waals surface area contributed by atoms with E-state index in [1.54, 1.807) is 0 Å². The molecule has 0 spiro atoms. The topological polar surface area (TPSA) is 83.4 Å². The van der Waals surface area contributed by atoms with Crippen LogP contribution in [0.25, 0.3) is 0 Å². The molecule has 1 heterocycles. The molecule has 1 aromatic heterocycles. The molecule has 0 aliphatic carbocycles. The molecule has 0 amide bonds. The van der Waals surface area contributed by atoms with Crippen molar-refractivity contribution in [3.8, 4) is 6.01 Å². The molecule has 0 aromatic carbocycles. The fourth-order valence-electron chi connectivity index (χ4n) is 0.690. The molecule has 0 fully saturated rings. The minimum atomic E-state index is -3.29. The Morgan fingerprint density at radius 3 is 2.06 bits per heavy atom. The molecule has 0 aliphatic heterocycles. The Balaban J connectivity index is 2.71. The Morgan fingerprint density at radius 2 is 1.62 bits per heavy atom. The molecule has 0 saturated heterocycles. The SMILES string of the molecule is COP(=O)(COc1nc(Cl)nc(Cl)n1)OC. The number of aromatic nitrogens is 3. The van der Waals surface area contributed by atoms with Gasteiger partial charge in [-0.2, -0.15) is 15.0 Å². The Labute approximate surface area is 102 Å². The van der Waals surface area contributed by atoms with Gasteiger partial charge in [0.15, 0.2) is 6.35 Å². The van der Waals surface area contributed by atoms with E-state index in [0.717, 1.165) is 0 Å². The maximum Gasteiger partial charge on any atom is 0.367 e. The summed E-state index contributed by atoms with van der Waals surface area (Å²) in [4.78, 5) is 10.7. The highest BCUT2D eigenvalue weighted by Gasteiger charge is 2.23. The van der Waals surface area contributed by atoms with Crippen LogP contribution in [0.2, 0.25) is 10.6 Å². The van der Waals surface area contributed by atoms with E-state index in [1.807, 2.05) is 0 Å². The zero-order valence-corrected chi connectivity index (χ0v) is 10.8. The van der Waals surface area contributed by atoms with E-state index in [0.29, 0.717) is 0 Å². The van der Waals surface area contributed by atoms with E-state index >= 15 is 0 Å². The van der Waals surface area contributed by atoms with Crippen LogP contribution in [-0.4, -0.2) is 35.5 Å². The Bertz CT molecular complexity index is 391. The first-order chi connectivity index (χ1) is 7.49. The van der Waals surface area contributed by atoms with E-state index in [-0.39, 0.29) is 22.9 Å². The summed E-state index contributed by atoms with van der Waals surface area (Å²) in [6.45, 7) is 0. The summed E-state index contributed by atoms with van der Waals surface area (Å²) in [7, 11) is -0.811. The van der Waals surface area contributed by atoms with Crippen LogP contribution in [0.3, 0.4) is 0 Å². The predicted octanol–water partition coefficient (Wildman–Crippen LogP) is 2.00. The molecule has 7 nitrogen and oxygen atoms in total. The predicted molar refractivity (Wildman–Crippen MR) is 57.0 cm³/mol. The summed E-state index contributed by atoms with van der Waals surface area (Å²) < 4.78 is 25.8. The molecule has 0 N–H and O–H groups in total. The summed E-state index contributed by atoms with van der Waals surface area (Å²) >= 11 is 11.0. The lowest BCUT2D eigenvalue weighted by Gasteiger charge is -2.13. The summed E-state index contributed by atoms with van der Waals surface area (Å²) in [5.41, 5.74) is 0. The number of hydrogen-bond donors (Lipinski definition) is 0. The highest BCUT2D eigenvalue weighted by Crippen LogP contribution is 2.45. The van der Waals surface area contributed by atoms with Crippen LogP contribution >= 0.6 is 30.8 Å². The fourth-order valence-corrected chi connectivity index (χ4v) is 1.67. The van der Waals surface area contributed by atoms with Crippen molar-refractivity contribution in [1.29, 1.82) is 0 Å². The van der Waals surface area contributed by atoms with Crippen molar-refractivity contribution >= 4 is 30.8 Å². The molecule has 0 saturated carbocycles. The largest absolute Gasteiger partial charge is 0.450 e. The molecule has 0 unspecified atom stereocenters. The lowest BCUT2D eigenvalue weighted by Crippen LogP contribution is -2.05. The van der Waals surface area contributed by atoms with E-state index in [2.05, 4.69) is 24.0 Å². The van der Waals surface area contributed by atoms with Gasteiger partial charge in [-0.15, -0.1) is 0 Å². The lowest BCUT2D eigenvalue weighted by atomic mass is 11.0. The first-order valence-corrected chi connectivity index (χ1v) is 6.38. The quantitative estimate of drug-likeness (QED) is 0.766. The van der Waals surface area contributed by atoms with Crippen LogP contribution in [0.5, 0.6) is 6.01 Å². The molecule has 1 rings (SSSR count). The van der Waals surface area contributed by atoms with Gasteiger partial charge in [-0.3, -0.25) is 4.57 Å². The first kappa shape index (κ1) is 13.6. The van der Waals surface area contributed by atoms with Crippen molar-refractivity contribution in [3.63, 3.8) is 0 Å². The molecule has 0 atom stereocenters. The van der Waals surface area contributed by atoms with Gasteiger partial charge in [0, 0.05) is 14.2 Å². The molecule has 0 aliphatic rings. The zero-order chi connectivity index (χ0) is 12.2. The second-order valence-electron chi connectivity index (χ2n) is 2.41. The number of halogens is 2. The highest BCUT2D eigenvalue weighted by atomic mass is 35.5. The van der Waals surface area contributed by atoms with Crippen LogP contribution in [0.15, 0.2) is 0 Å². The Morgan fingerprint density at radius 1 is 1.12 bits per heavy atom. The van der Waals surface area contributed by atoms with Crippen molar-refractivity contribution in [2.45, 2.75) is 0 Å². The number of nitrogens with zero attached hydrogens (tertiary/aromatic N) is 3. The maximum absolute atomic E-state index is 11.6. The van der Waals surface area contributed by atoms with Crippen molar-refractivity contribution in [3.05, 3.63) is 10.6 Å². The van der Waals surface area contributed by atoms with Gasteiger partial charge in [0.2, 0.25) is 10.6 Å². The summed E-state index contributed by atoms with van der Waals surface area (Å²) in [6.07, 6.45) is -0.351. The molecule has 0 bridgehead atoms. The third-order valence-electron chi connectivity index (χ3n) is 1.47. The lowest BCUT2D eigenvalue weighted by molar-refractivity contribution is 0.234. The van der Waals surface area contributed by atoms with E-state index in [4.69, 9.17) is 27.9 Å². The normalized spacial score (nSPS) is 11.5. The molecule has 10 heteroatoms. The van der Waals surface area contributed by atoms with Crippen LogP contribution < -0.4 is 4.74 Å². The van der Waals surface area contributed by atoms with Crippen LogP contribution in [-0.2, 0) is 13.6 Å². The standard InChI is InChI=1S/C6H8Cl2N3O4P/c1-13-16(12,14-2)3-15-6-10-4(7)9-5(8)11-6/h3H2,1-2H3. The Hall–Kier alpha value is -0.460. The van der Waals surface area contributed by atoms with Crippen LogP contribution in [0, 0.1) is 0 Å². The van der Waals surface area contributed by atoms with E-state index in [1.165, 1.54) is 14.2 Å². The van der Waals surface area contributed by atoms with Crippen molar-refractivity contribution in [2.24, 2.45) is 0 Å². The van der Waals surface area contributed by atoms with Gasteiger partial charge >= 0.3 is 13.6 Å². The highest BCUT2D eigenvalue weighted by molar-refractivity contribution is 7.53. The zero-order valence-electron chi connectivity index (χ0n) is 8.38. The number of rotatable bonds is 5. The second-order valence-corrected chi connectivity index (χ2v) is 5.29. The Kier molecular flexibility index (Phi) is 4.89. The van der Waals surface area contributed by atoms with Gasteiger partial charge in [-0.1, -0.05) is 0 Å². The molecule has 90 valence electrons. The molecule has 0 radical (unpaired) electrons. The second kappa shape index (κ2) is 5.75. The van der Waals surface area contributed by atoms with Crippen molar-refractivity contribution in [1.82, 2.24) is 15.0 Å². The van der Waals surface area contributed by atoms with Gasteiger partial charge in [0.25, 0.3) is 0 Å². The third kappa shape index (κ3) is 3.84. The van der Waals surface area contributed by atoms with Gasteiger partial charge in [0.1, 0.15) is 0 Å². The molecular formula is C6H8Cl2N3O4P. The summed E-state index contributed by atoms with van der Waals surface area (Å²) in [5.74, 6) is 0. The van der Waals surface area contributed by atoms with E-state index < -0.39 is 7.60 Å². The third-order valence-corrected chi connectivity index (χ3v) is 3.36.